The van der Waals surface area contributed by atoms with Gasteiger partial charge in [0.05, 0.1) is 27.2 Å². The number of benzene rings is 2. The zero-order valence-electron chi connectivity index (χ0n) is 11.1. The number of aryl methyl sites for hydroxylation is 1. The number of rotatable bonds is 3. The third-order valence-electron chi connectivity index (χ3n) is 2.89. The Bertz CT molecular complexity index is 842. The van der Waals surface area contributed by atoms with Crippen LogP contribution in [0.15, 0.2) is 41.3 Å². The topological polar surface area (TPSA) is 96.0 Å². The quantitative estimate of drug-likeness (QED) is 0.849. The van der Waals surface area contributed by atoms with Crippen molar-refractivity contribution in [2.75, 3.05) is 10.5 Å². The lowest BCUT2D eigenvalue weighted by molar-refractivity contribution is 0.601. The fourth-order valence-electron chi connectivity index (χ4n) is 1.69. The first-order valence-electron chi connectivity index (χ1n) is 5.92. The maximum Gasteiger partial charge on any atom is 0.261 e. The number of nitrogens with one attached hydrogen (secondary N) is 1. The van der Waals surface area contributed by atoms with Crippen LogP contribution in [0, 0.1) is 18.3 Å². The molecular formula is C14H12ClN3O2S. The number of sulfonamides is 1. The van der Waals surface area contributed by atoms with Crippen molar-refractivity contribution in [1.82, 2.24) is 0 Å². The first-order valence-corrected chi connectivity index (χ1v) is 7.78. The van der Waals surface area contributed by atoms with Gasteiger partial charge in [-0.15, -0.1) is 0 Å². The van der Waals surface area contributed by atoms with E-state index < -0.39 is 10.0 Å². The van der Waals surface area contributed by atoms with E-state index in [1.165, 1.54) is 36.4 Å². The Labute approximate surface area is 128 Å². The molecule has 7 heteroatoms. The van der Waals surface area contributed by atoms with Gasteiger partial charge in [-0.2, -0.15) is 5.26 Å². The van der Waals surface area contributed by atoms with Gasteiger partial charge in [0.2, 0.25) is 0 Å². The van der Waals surface area contributed by atoms with Crippen LogP contribution in [-0.2, 0) is 10.0 Å². The van der Waals surface area contributed by atoms with E-state index in [-0.39, 0.29) is 15.6 Å². The fourth-order valence-corrected chi connectivity index (χ4v) is 3.07. The van der Waals surface area contributed by atoms with E-state index in [0.717, 1.165) is 0 Å². The molecular weight excluding hydrogens is 310 g/mol. The molecule has 2 aromatic carbocycles. The van der Waals surface area contributed by atoms with Crippen LogP contribution in [0.25, 0.3) is 0 Å². The Kier molecular flexibility index (Phi) is 4.07. The summed E-state index contributed by atoms with van der Waals surface area (Å²) in [7, 11) is -3.80. The second-order valence-corrected chi connectivity index (χ2v) is 6.52. The molecule has 0 saturated carbocycles. The molecule has 0 aliphatic carbocycles. The maximum atomic E-state index is 12.3. The van der Waals surface area contributed by atoms with E-state index in [1.54, 1.807) is 6.92 Å². The SMILES string of the molecule is Cc1cc(S(=O)(=O)Nc2cc(C#N)ccc2Cl)ccc1N. The van der Waals surface area contributed by atoms with Crippen LogP contribution in [0.1, 0.15) is 11.1 Å². The number of nitrogens with two attached hydrogens (primary N) is 1. The number of nitrogen functional groups attached to an aromatic ring is 1. The first-order chi connectivity index (χ1) is 9.83. The molecule has 0 aromatic heterocycles. The summed E-state index contributed by atoms with van der Waals surface area (Å²) in [6.07, 6.45) is 0. The Balaban J connectivity index is 2.42. The van der Waals surface area contributed by atoms with Crippen LogP contribution < -0.4 is 10.5 Å². The van der Waals surface area contributed by atoms with Crippen LogP contribution in [0.4, 0.5) is 11.4 Å². The van der Waals surface area contributed by atoms with E-state index in [1.807, 2.05) is 6.07 Å². The van der Waals surface area contributed by atoms with Gasteiger partial charge in [0.1, 0.15) is 0 Å². The minimum Gasteiger partial charge on any atom is -0.399 e. The molecule has 0 spiro atoms. The summed E-state index contributed by atoms with van der Waals surface area (Å²) in [5.41, 5.74) is 7.32. The van der Waals surface area contributed by atoms with Gasteiger partial charge in [-0.25, -0.2) is 8.42 Å². The van der Waals surface area contributed by atoms with Gasteiger partial charge in [-0.1, -0.05) is 11.6 Å². The van der Waals surface area contributed by atoms with E-state index in [9.17, 15) is 8.42 Å². The Morgan fingerprint density at radius 2 is 1.95 bits per heavy atom. The van der Waals surface area contributed by atoms with Crippen LogP contribution in [0.3, 0.4) is 0 Å². The molecule has 0 heterocycles. The monoisotopic (exact) mass is 321 g/mol. The molecule has 0 fully saturated rings. The number of nitriles is 1. The van der Waals surface area contributed by atoms with Gasteiger partial charge < -0.3 is 5.73 Å². The first kappa shape index (κ1) is 15.2. The molecule has 0 atom stereocenters. The van der Waals surface area contributed by atoms with Crippen LogP contribution >= 0.6 is 11.6 Å². The van der Waals surface area contributed by atoms with Crippen molar-refractivity contribution in [3.05, 3.63) is 52.5 Å². The third kappa shape index (κ3) is 3.27. The van der Waals surface area contributed by atoms with E-state index >= 15 is 0 Å². The summed E-state index contributed by atoms with van der Waals surface area (Å²) < 4.78 is 27.0. The maximum absolute atomic E-state index is 12.3. The molecule has 0 unspecified atom stereocenters. The van der Waals surface area contributed by atoms with Crippen LogP contribution in [-0.4, -0.2) is 8.42 Å². The van der Waals surface area contributed by atoms with Gasteiger partial charge >= 0.3 is 0 Å². The van der Waals surface area contributed by atoms with Gasteiger partial charge in [0.15, 0.2) is 0 Å². The van der Waals surface area contributed by atoms with Gasteiger partial charge in [-0.05, 0) is 48.9 Å². The summed E-state index contributed by atoms with van der Waals surface area (Å²) in [5, 5.41) is 9.06. The second kappa shape index (κ2) is 5.64. The summed E-state index contributed by atoms with van der Waals surface area (Å²) in [4.78, 5) is 0.0765. The molecule has 3 N–H and O–H groups in total. The van der Waals surface area contributed by atoms with Crippen LogP contribution in [0.2, 0.25) is 5.02 Å². The van der Waals surface area contributed by atoms with Crippen molar-refractivity contribution in [2.45, 2.75) is 11.8 Å². The number of hydrogen-bond acceptors (Lipinski definition) is 4. The second-order valence-electron chi connectivity index (χ2n) is 4.43. The Hall–Kier alpha value is -2.23. The lowest BCUT2D eigenvalue weighted by atomic mass is 10.2. The largest absolute Gasteiger partial charge is 0.399 e. The summed E-state index contributed by atoms with van der Waals surface area (Å²) in [6.45, 7) is 1.72. The normalized spacial score (nSPS) is 10.9. The highest BCUT2D eigenvalue weighted by atomic mass is 35.5. The average Bonchev–Trinajstić information content (AvgIpc) is 2.44. The molecule has 108 valence electrons. The highest BCUT2D eigenvalue weighted by Gasteiger charge is 2.16. The molecule has 2 rings (SSSR count). The fraction of sp³-hybridized carbons (Fsp3) is 0.0714. The van der Waals surface area contributed by atoms with E-state index in [2.05, 4.69) is 4.72 Å². The highest BCUT2D eigenvalue weighted by molar-refractivity contribution is 7.92. The average molecular weight is 322 g/mol. The predicted octanol–water partition coefficient (Wildman–Crippen LogP) is 2.90. The molecule has 0 amide bonds. The zero-order chi connectivity index (χ0) is 15.6. The molecule has 0 aliphatic rings. The summed E-state index contributed by atoms with van der Waals surface area (Å²) in [5.74, 6) is 0. The number of anilines is 2. The van der Waals surface area contributed by atoms with Crippen LogP contribution in [0.5, 0.6) is 0 Å². The summed E-state index contributed by atoms with van der Waals surface area (Å²) >= 11 is 5.95. The number of halogens is 1. The van der Waals surface area contributed by atoms with Crippen molar-refractivity contribution in [3.63, 3.8) is 0 Å². The lowest BCUT2D eigenvalue weighted by Crippen LogP contribution is -2.13. The molecule has 5 nitrogen and oxygen atoms in total. The minimum absolute atomic E-state index is 0.0765. The number of hydrogen-bond donors (Lipinski definition) is 2. The van der Waals surface area contributed by atoms with Crippen molar-refractivity contribution < 1.29 is 8.42 Å². The van der Waals surface area contributed by atoms with Gasteiger partial charge in [0.25, 0.3) is 10.0 Å². The third-order valence-corrected chi connectivity index (χ3v) is 4.58. The van der Waals surface area contributed by atoms with Gasteiger partial charge in [-0.3, -0.25) is 4.72 Å². The smallest absolute Gasteiger partial charge is 0.261 e. The zero-order valence-corrected chi connectivity index (χ0v) is 12.7. The predicted molar refractivity (Wildman–Crippen MR) is 82.6 cm³/mol. The number of nitrogens with zero attached hydrogens (tertiary/aromatic N) is 1. The van der Waals surface area contributed by atoms with Crippen molar-refractivity contribution in [2.24, 2.45) is 0 Å². The summed E-state index contributed by atoms with van der Waals surface area (Å²) in [6, 6.07) is 10.7. The lowest BCUT2D eigenvalue weighted by Gasteiger charge is -2.11. The van der Waals surface area contributed by atoms with Crippen molar-refractivity contribution >= 4 is 33.0 Å². The highest BCUT2D eigenvalue weighted by Crippen LogP contribution is 2.26. The van der Waals surface area contributed by atoms with Gasteiger partial charge in [0, 0.05) is 5.69 Å². The Morgan fingerprint density at radius 1 is 1.24 bits per heavy atom. The molecule has 0 radical (unpaired) electrons. The molecule has 0 aliphatic heterocycles. The molecule has 0 saturated heterocycles. The van der Waals surface area contributed by atoms with E-state index in [0.29, 0.717) is 16.8 Å². The molecule has 21 heavy (non-hydrogen) atoms. The van der Waals surface area contributed by atoms with Crippen molar-refractivity contribution in [1.29, 1.82) is 5.26 Å². The van der Waals surface area contributed by atoms with Crippen molar-refractivity contribution in [3.8, 4) is 6.07 Å². The molecule has 0 bridgehead atoms. The van der Waals surface area contributed by atoms with E-state index in [4.69, 9.17) is 22.6 Å². The standard InChI is InChI=1S/C14H12ClN3O2S/c1-9-6-11(3-5-13(9)17)21(19,20)18-14-7-10(8-16)2-4-12(14)15/h2-7,18H,17H2,1H3. The molecule has 2 aromatic rings. The minimum atomic E-state index is -3.80. The Morgan fingerprint density at radius 3 is 2.57 bits per heavy atom.